The number of amides is 1. The molecule has 1 fully saturated rings. The van der Waals surface area contributed by atoms with E-state index in [9.17, 15) is 4.79 Å². The molecule has 1 aliphatic rings. The number of fused-ring (bicyclic) bond motifs is 1. The number of nitrogens with two attached hydrogens (primary N) is 1. The Hall–Kier alpha value is -1.69. The minimum Gasteiger partial charge on any atom is -0.396 e. The summed E-state index contributed by atoms with van der Waals surface area (Å²) in [4.78, 5) is 22.0. The molecule has 0 radical (unpaired) electrons. The number of aromatic nitrogens is 2. The van der Waals surface area contributed by atoms with Crippen LogP contribution in [0, 0.1) is 11.8 Å². The Morgan fingerprint density at radius 1 is 1.35 bits per heavy atom. The molecule has 0 spiro atoms. The minimum absolute atomic E-state index is 0.0988. The second-order valence-electron chi connectivity index (χ2n) is 5.55. The molecule has 0 aliphatic heterocycles. The van der Waals surface area contributed by atoms with Crippen LogP contribution in [0.2, 0.25) is 0 Å². The quantitative estimate of drug-likeness (QED) is 0.890. The van der Waals surface area contributed by atoms with Crippen molar-refractivity contribution < 1.29 is 4.79 Å². The summed E-state index contributed by atoms with van der Waals surface area (Å²) in [5.74, 6) is 1.06. The van der Waals surface area contributed by atoms with E-state index in [1.165, 1.54) is 11.3 Å². The van der Waals surface area contributed by atoms with Gasteiger partial charge in [-0.3, -0.25) is 4.79 Å². The van der Waals surface area contributed by atoms with Crippen LogP contribution in [0.3, 0.4) is 0 Å². The largest absolute Gasteiger partial charge is 0.396 e. The van der Waals surface area contributed by atoms with Crippen molar-refractivity contribution in [2.45, 2.75) is 32.7 Å². The Balaban J connectivity index is 1.84. The van der Waals surface area contributed by atoms with Gasteiger partial charge >= 0.3 is 0 Å². The van der Waals surface area contributed by atoms with Crippen LogP contribution in [0.5, 0.6) is 0 Å². The topological polar surface area (TPSA) is 80.9 Å². The minimum atomic E-state index is -0.0988. The van der Waals surface area contributed by atoms with Crippen molar-refractivity contribution >= 4 is 33.3 Å². The molecule has 2 heterocycles. The van der Waals surface area contributed by atoms with Gasteiger partial charge in [0, 0.05) is 18.4 Å². The molecule has 1 saturated carbocycles. The van der Waals surface area contributed by atoms with Crippen LogP contribution in [0.15, 0.2) is 12.4 Å². The summed E-state index contributed by atoms with van der Waals surface area (Å²) in [6.45, 7) is 4.43. The molecule has 3 unspecified atom stereocenters. The maximum Gasteiger partial charge on any atom is 0.263 e. The molecular weight excluding hydrogens is 272 g/mol. The summed E-state index contributed by atoms with van der Waals surface area (Å²) >= 11 is 1.31. The molecule has 106 valence electrons. The van der Waals surface area contributed by atoms with Gasteiger partial charge < -0.3 is 11.1 Å². The van der Waals surface area contributed by atoms with E-state index >= 15 is 0 Å². The van der Waals surface area contributed by atoms with Crippen LogP contribution in [0.4, 0.5) is 5.69 Å². The second kappa shape index (κ2) is 5.01. The van der Waals surface area contributed by atoms with E-state index in [0.717, 1.165) is 12.8 Å². The molecule has 2 aromatic heterocycles. The third-order valence-corrected chi connectivity index (χ3v) is 5.45. The molecule has 3 rings (SSSR count). The maximum atomic E-state index is 12.4. The Morgan fingerprint density at radius 2 is 2.10 bits per heavy atom. The zero-order chi connectivity index (χ0) is 14.3. The number of nitrogen functional groups attached to an aromatic ring is 1. The molecule has 3 N–H and O–H groups in total. The predicted molar refractivity (Wildman–Crippen MR) is 80.6 cm³/mol. The standard InChI is InChI=1S/C14H18N4OS/c1-7-3-4-9(8(7)2)18-13(19)12-10(15)11-14(20-12)17-6-5-16-11/h5-9H,3-4,15H2,1-2H3,(H,18,19). The fraction of sp³-hybridized carbons (Fsp3) is 0.500. The van der Waals surface area contributed by atoms with Gasteiger partial charge in [0.1, 0.15) is 15.2 Å². The van der Waals surface area contributed by atoms with Gasteiger partial charge in [-0.25, -0.2) is 9.97 Å². The lowest BCUT2D eigenvalue weighted by molar-refractivity contribution is 0.0932. The average Bonchev–Trinajstić information content (AvgIpc) is 2.94. The van der Waals surface area contributed by atoms with E-state index in [4.69, 9.17) is 5.73 Å². The second-order valence-corrected chi connectivity index (χ2v) is 6.55. The lowest BCUT2D eigenvalue weighted by atomic mass is 9.98. The molecule has 1 aliphatic carbocycles. The molecule has 2 aromatic rings. The molecule has 0 saturated heterocycles. The lowest BCUT2D eigenvalue weighted by Crippen LogP contribution is -2.37. The van der Waals surface area contributed by atoms with Gasteiger partial charge in [-0.1, -0.05) is 13.8 Å². The van der Waals surface area contributed by atoms with Gasteiger partial charge in [0.2, 0.25) is 0 Å². The fourth-order valence-electron chi connectivity index (χ4n) is 2.81. The normalized spacial score (nSPS) is 26.0. The van der Waals surface area contributed by atoms with E-state index in [1.807, 2.05) is 0 Å². The zero-order valence-corrected chi connectivity index (χ0v) is 12.4. The van der Waals surface area contributed by atoms with E-state index in [2.05, 4.69) is 29.1 Å². The summed E-state index contributed by atoms with van der Waals surface area (Å²) in [6, 6.07) is 0.239. The Labute approximate surface area is 121 Å². The van der Waals surface area contributed by atoms with Crippen LogP contribution in [-0.4, -0.2) is 21.9 Å². The van der Waals surface area contributed by atoms with Crippen molar-refractivity contribution in [1.29, 1.82) is 0 Å². The first-order valence-electron chi connectivity index (χ1n) is 6.87. The highest BCUT2D eigenvalue weighted by Crippen LogP contribution is 2.33. The van der Waals surface area contributed by atoms with Crippen LogP contribution in [0.1, 0.15) is 36.4 Å². The SMILES string of the molecule is CC1CCC(NC(=O)c2sc3nccnc3c2N)C1C. The van der Waals surface area contributed by atoms with Crippen molar-refractivity contribution in [3.8, 4) is 0 Å². The van der Waals surface area contributed by atoms with E-state index in [1.54, 1.807) is 12.4 Å². The molecule has 5 nitrogen and oxygen atoms in total. The number of carbonyl (C=O) groups is 1. The number of hydrogen-bond donors (Lipinski definition) is 2. The van der Waals surface area contributed by atoms with Crippen LogP contribution in [-0.2, 0) is 0 Å². The Bertz CT molecular complexity index is 654. The first-order chi connectivity index (χ1) is 9.58. The van der Waals surface area contributed by atoms with Crippen molar-refractivity contribution in [3.05, 3.63) is 17.3 Å². The van der Waals surface area contributed by atoms with Crippen LogP contribution >= 0.6 is 11.3 Å². The molecule has 3 atom stereocenters. The molecular formula is C14H18N4OS. The number of carbonyl (C=O) groups excluding carboxylic acids is 1. The molecule has 6 heteroatoms. The monoisotopic (exact) mass is 290 g/mol. The summed E-state index contributed by atoms with van der Waals surface area (Å²) in [6.07, 6.45) is 5.40. The van der Waals surface area contributed by atoms with Gasteiger partial charge in [-0.2, -0.15) is 0 Å². The zero-order valence-electron chi connectivity index (χ0n) is 11.6. The summed E-state index contributed by atoms with van der Waals surface area (Å²) in [5.41, 5.74) is 7.08. The number of thiophene rings is 1. The molecule has 0 bridgehead atoms. The number of nitrogens with one attached hydrogen (secondary N) is 1. The molecule has 1 amide bonds. The fourth-order valence-corrected chi connectivity index (χ4v) is 3.74. The first kappa shape index (κ1) is 13.3. The highest BCUT2D eigenvalue weighted by Gasteiger charge is 2.31. The van der Waals surface area contributed by atoms with Crippen molar-refractivity contribution in [2.75, 3.05) is 5.73 Å². The Kier molecular flexibility index (Phi) is 3.33. The Morgan fingerprint density at radius 3 is 2.75 bits per heavy atom. The molecule has 20 heavy (non-hydrogen) atoms. The smallest absolute Gasteiger partial charge is 0.263 e. The predicted octanol–water partition coefficient (Wildman–Crippen LogP) is 2.44. The van der Waals surface area contributed by atoms with Crippen LogP contribution < -0.4 is 11.1 Å². The van der Waals surface area contributed by atoms with Gasteiger partial charge in [0.15, 0.2) is 0 Å². The first-order valence-corrected chi connectivity index (χ1v) is 7.69. The number of hydrogen-bond acceptors (Lipinski definition) is 5. The maximum absolute atomic E-state index is 12.4. The number of nitrogens with zero attached hydrogens (tertiary/aromatic N) is 2. The highest BCUT2D eigenvalue weighted by atomic mass is 32.1. The highest BCUT2D eigenvalue weighted by molar-refractivity contribution is 7.21. The third-order valence-electron chi connectivity index (χ3n) is 4.35. The van der Waals surface area contributed by atoms with Crippen molar-refractivity contribution in [2.24, 2.45) is 11.8 Å². The van der Waals surface area contributed by atoms with Gasteiger partial charge in [0.25, 0.3) is 5.91 Å². The summed E-state index contributed by atoms with van der Waals surface area (Å²) < 4.78 is 0. The van der Waals surface area contributed by atoms with Gasteiger partial charge in [0.05, 0.1) is 5.69 Å². The summed E-state index contributed by atoms with van der Waals surface area (Å²) in [5, 5.41) is 3.11. The van der Waals surface area contributed by atoms with E-state index in [0.29, 0.717) is 32.7 Å². The number of rotatable bonds is 2. The third kappa shape index (κ3) is 2.14. The number of anilines is 1. The molecule has 0 aromatic carbocycles. The van der Waals surface area contributed by atoms with Crippen molar-refractivity contribution in [3.63, 3.8) is 0 Å². The van der Waals surface area contributed by atoms with Gasteiger partial charge in [-0.15, -0.1) is 11.3 Å². The van der Waals surface area contributed by atoms with Gasteiger partial charge in [-0.05, 0) is 24.7 Å². The average molecular weight is 290 g/mol. The van der Waals surface area contributed by atoms with E-state index < -0.39 is 0 Å². The lowest BCUT2D eigenvalue weighted by Gasteiger charge is -2.19. The summed E-state index contributed by atoms with van der Waals surface area (Å²) in [7, 11) is 0. The van der Waals surface area contributed by atoms with Crippen LogP contribution in [0.25, 0.3) is 10.3 Å². The van der Waals surface area contributed by atoms with E-state index in [-0.39, 0.29) is 11.9 Å². The van der Waals surface area contributed by atoms with Crippen molar-refractivity contribution in [1.82, 2.24) is 15.3 Å².